The highest BCUT2D eigenvalue weighted by molar-refractivity contribution is 8.00. The molecule has 7 rings (SSSR count). The Labute approximate surface area is 271 Å². The normalized spacial score (nSPS) is 25.3. The van der Waals surface area contributed by atoms with Crippen LogP contribution in [0.4, 0.5) is 13.2 Å². The molecule has 14 heteroatoms. The lowest BCUT2D eigenvalue weighted by molar-refractivity contribution is -0.139. The fourth-order valence-electron chi connectivity index (χ4n) is 7.49. The van der Waals surface area contributed by atoms with Crippen molar-refractivity contribution in [2.75, 3.05) is 64.8 Å². The van der Waals surface area contributed by atoms with E-state index in [9.17, 15) is 23.1 Å². The second-order valence-corrected chi connectivity index (χ2v) is 14.0. The van der Waals surface area contributed by atoms with Gasteiger partial charge in [0, 0.05) is 73.4 Å². The van der Waals surface area contributed by atoms with Gasteiger partial charge in [0.25, 0.3) is 0 Å². The van der Waals surface area contributed by atoms with E-state index in [1.807, 2.05) is 4.68 Å². The van der Waals surface area contributed by atoms with Gasteiger partial charge in [0.1, 0.15) is 6.23 Å². The Morgan fingerprint density at radius 1 is 1.11 bits per heavy atom. The van der Waals surface area contributed by atoms with Crippen molar-refractivity contribution in [1.29, 1.82) is 0 Å². The van der Waals surface area contributed by atoms with E-state index >= 15 is 0 Å². The van der Waals surface area contributed by atoms with Crippen molar-refractivity contribution in [1.82, 2.24) is 29.8 Å². The van der Waals surface area contributed by atoms with E-state index in [4.69, 9.17) is 14.6 Å². The highest BCUT2D eigenvalue weighted by Gasteiger charge is 2.48. The summed E-state index contributed by atoms with van der Waals surface area (Å²) in [4.78, 5) is 19.3. The first-order chi connectivity index (χ1) is 22.2. The SMILES string of the molecule is O=C(CSc1cc(-c2nn(CC(O)CN3CCC(N4CCCC5OC54)CC3)c3c2CNCC3)ccc1C(F)(F)F)N1CCOCC1. The quantitative estimate of drug-likeness (QED) is 0.310. The molecule has 2 N–H and O–H groups in total. The lowest BCUT2D eigenvalue weighted by Gasteiger charge is -2.39. The number of nitrogens with zero attached hydrogens (tertiary/aromatic N) is 5. The van der Waals surface area contributed by atoms with Gasteiger partial charge in [0.05, 0.1) is 49.0 Å². The van der Waals surface area contributed by atoms with E-state index in [-0.39, 0.29) is 16.6 Å². The molecule has 0 bridgehead atoms. The predicted octanol–water partition coefficient (Wildman–Crippen LogP) is 2.81. The predicted molar refractivity (Wildman–Crippen MR) is 166 cm³/mol. The lowest BCUT2D eigenvalue weighted by atomic mass is 9.99. The average molecular weight is 665 g/mol. The molecule has 4 saturated heterocycles. The maximum absolute atomic E-state index is 14.0. The number of fused-ring (bicyclic) bond motifs is 2. The van der Waals surface area contributed by atoms with E-state index in [2.05, 4.69) is 15.1 Å². The number of ether oxygens (including phenoxy) is 2. The molecule has 0 aliphatic carbocycles. The first-order valence-electron chi connectivity index (χ1n) is 16.6. The maximum Gasteiger partial charge on any atom is 0.417 e. The number of aromatic nitrogens is 2. The molecule has 3 atom stereocenters. The van der Waals surface area contributed by atoms with E-state index in [1.54, 1.807) is 4.90 Å². The largest absolute Gasteiger partial charge is 0.417 e. The zero-order valence-electron chi connectivity index (χ0n) is 26.0. The molecule has 46 heavy (non-hydrogen) atoms. The number of morpholine rings is 1. The summed E-state index contributed by atoms with van der Waals surface area (Å²) in [6.07, 6.45) is 0.814. The van der Waals surface area contributed by atoms with Crippen LogP contribution in [0.25, 0.3) is 11.3 Å². The van der Waals surface area contributed by atoms with Crippen molar-refractivity contribution in [3.8, 4) is 11.3 Å². The van der Waals surface area contributed by atoms with Gasteiger partial charge in [-0.05, 0) is 50.9 Å². The number of carbonyl (C=O) groups excluding carboxylic acids is 1. The third-order valence-corrected chi connectivity index (χ3v) is 11.0. The van der Waals surface area contributed by atoms with Gasteiger partial charge in [-0.15, -0.1) is 11.8 Å². The monoisotopic (exact) mass is 664 g/mol. The zero-order valence-corrected chi connectivity index (χ0v) is 26.8. The van der Waals surface area contributed by atoms with Crippen LogP contribution in [0.15, 0.2) is 23.1 Å². The van der Waals surface area contributed by atoms with Crippen LogP contribution in [0.5, 0.6) is 0 Å². The van der Waals surface area contributed by atoms with Crippen LogP contribution in [-0.4, -0.2) is 125 Å². The minimum atomic E-state index is -4.55. The Hall–Kier alpha value is -2.20. The number of carbonyl (C=O) groups is 1. The third kappa shape index (κ3) is 7.13. The smallest absolute Gasteiger partial charge is 0.390 e. The topological polar surface area (TPSA) is 98.6 Å². The van der Waals surface area contributed by atoms with Crippen LogP contribution < -0.4 is 5.32 Å². The highest BCUT2D eigenvalue weighted by atomic mass is 32.2. The molecule has 1 aromatic heterocycles. The van der Waals surface area contributed by atoms with E-state index in [0.29, 0.717) is 75.6 Å². The Morgan fingerprint density at radius 3 is 2.70 bits per heavy atom. The van der Waals surface area contributed by atoms with Gasteiger partial charge in [-0.1, -0.05) is 6.07 Å². The molecule has 0 saturated carbocycles. The molecule has 0 radical (unpaired) electrons. The van der Waals surface area contributed by atoms with Gasteiger partial charge in [-0.2, -0.15) is 18.3 Å². The van der Waals surface area contributed by atoms with Crippen LogP contribution in [0.2, 0.25) is 0 Å². The van der Waals surface area contributed by atoms with Gasteiger partial charge in [0.15, 0.2) is 0 Å². The molecule has 6 heterocycles. The minimum Gasteiger partial charge on any atom is -0.390 e. The number of epoxide rings is 1. The van der Waals surface area contributed by atoms with Crippen molar-refractivity contribution in [3.63, 3.8) is 0 Å². The number of likely N-dealkylation sites (tertiary alicyclic amines) is 2. The molecule has 10 nitrogen and oxygen atoms in total. The molecule has 5 aliphatic heterocycles. The molecule has 1 amide bonds. The summed E-state index contributed by atoms with van der Waals surface area (Å²) in [5.74, 6) is -0.287. The van der Waals surface area contributed by atoms with Crippen molar-refractivity contribution in [3.05, 3.63) is 35.0 Å². The molecule has 5 aliphatic rings. The lowest BCUT2D eigenvalue weighted by Crippen LogP contribution is -2.49. The van der Waals surface area contributed by atoms with Gasteiger partial charge >= 0.3 is 6.18 Å². The van der Waals surface area contributed by atoms with Crippen molar-refractivity contribution < 1.29 is 32.5 Å². The molecule has 4 fully saturated rings. The maximum atomic E-state index is 14.0. The van der Waals surface area contributed by atoms with E-state index in [0.717, 1.165) is 74.5 Å². The van der Waals surface area contributed by atoms with Crippen LogP contribution >= 0.6 is 11.8 Å². The molecule has 2 aromatic rings. The number of nitrogens with one attached hydrogen (secondary N) is 1. The molecular formula is C32H43F3N6O4S. The van der Waals surface area contributed by atoms with Gasteiger partial charge in [-0.25, -0.2) is 0 Å². The number of β-amino-alcohol motifs (C(OH)–C–C–N with tert-alkyl or cyclic N) is 1. The number of halogens is 3. The van der Waals surface area contributed by atoms with E-state index in [1.165, 1.54) is 25.0 Å². The number of benzene rings is 1. The van der Waals surface area contributed by atoms with E-state index < -0.39 is 17.8 Å². The second kappa shape index (κ2) is 13.7. The van der Waals surface area contributed by atoms with Crippen molar-refractivity contribution >= 4 is 17.7 Å². The summed E-state index contributed by atoms with van der Waals surface area (Å²) in [5.41, 5.74) is 2.39. The fraction of sp³-hybridized carbons (Fsp3) is 0.688. The second-order valence-electron chi connectivity index (χ2n) is 13.0. The number of thioether (sulfide) groups is 1. The standard InChI is InChI=1S/C32H43F3N6O4S/c33-32(34,35)25-4-3-21(16-28(25)46-20-29(43)39-12-14-44-15-13-39)30-24-17-36-8-5-26(24)41(37-30)19-23(42)18-38-10-6-22(7-11-38)40-9-1-2-27-31(40)45-27/h3-4,16,22-23,27,31,36,42H,1-2,5-15,17-20H2. The number of hydrogen-bond donors (Lipinski definition) is 2. The molecule has 3 unspecified atom stereocenters. The summed E-state index contributed by atoms with van der Waals surface area (Å²) in [6, 6.07) is 4.62. The van der Waals surface area contributed by atoms with Crippen molar-refractivity contribution in [2.24, 2.45) is 0 Å². The fourth-order valence-corrected chi connectivity index (χ4v) is 8.50. The number of alkyl halides is 3. The summed E-state index contributed by atoms with van der Waals surface area (Å²) in [5, 5.41) is 19.4. The first-order valence-corrected chi connectivity index (χ1v) is 17.5. The number of amides is 1. The number of hydrogen-bond acceptors (Lipinski definition) is 9. The Bertz CT molecular complexity index is 1390. The third-order valence-electron chi connectivity index (χ3n) is 9.95. The van der Waals surface area contributed by atoms with Crippen LogP contribution in [0.1, 0.15) is 42.5 Å². The van der Waals surface area contributed by atoms with Crippen molar-refractivity contribution in [2.45, 2.75) is 80.7 Å². The van der Waals surface area contributed by atoms with Crippen LogP contribution in [-0.2, 0) is 40.0 Å². The molecular weight excluding hydrogens is 621 g/mol. The zero-order chi connectivity index (χ0) is 31.8. The average Bonchev–Trinajstić information content (AvgIpc) is 3.78. The van der Waals surface area contributed by atoms with Gasteiger partial charge < -0.3 is 29.7 Å². The Balaban J connectivity index is 1.03. The van der Waals surface area contributed by atoms with Crippen LogP contribution in [0.3, 0.4) is 0 Å². The number of aliphatic hydroxyl groups excluding tert-OH is 1. The number of aliphatic hydroxyl groups is 1. The summed E-state index contributed by atoms with van der Waals surface area (Å²) in [7, 11) is 0. The van der Waals surface area contributed by atoms with Crippen LogP contribution in [0, 0.1) is 0 Å². The van der Waals surface area contributed by atoms with Gasteiger partial charge in [-0.3, -0.25) is 14.4 Å². The number of rotatable bonds is 9. The van der Waals surface area contributed by atoms with Gasteiger partial charge in [0.2, 0.25) is 5.91 Å². The molecule has 0 spiro atoms. The molecule has 252 valence electrons. The highest BCUT2D eigenvalue weighted by Crippen LogP contribution is 2.40. The molecule has 1 aromatic carbocycles. The summed E-state index contributed by atoms with van der Waals surface area (Å²) in [6.45, 7) is 6.93. The summed E-state index contributed by atoms with van der Waals surface area (Å²) >= 11 is 0.913. The number of piperidine rings is 2. The minimum absolute atomic E-state index is 0.00966. The first kappa shape index (κ1) is 32.4. The summed E-state index contributed by atoms with van der Waals surface area (Å²) < 4.78 is 55.0. The Morgan fingerprint density at radius 2 is 1.91 bits per heavy atom. The Kier molecular flexibility index (Phi) is 9.66.